The van der Waals surface area contributed by atoms with Crippen LogP contribution in [0.1, 0.15) is 48.8 Å². The average molecular weight is 434 g/mol. The Morgan fingerprint density at radius 3 is 2.59 bits per heavy atom. The maximum atomic E-state index is 12.7. The van der Waals surface area contributed by atoms with Gasteiger partial charge < -0.3 is 14.9 Å². The van der Waals surface area contributed by atoms with Gasteiger partial charge in [-0.3, -0.25) is 9.69 Å². The van der Waals surface area contributed by atoms with Gasteiger partial charge in [-0.05, 0) is 63.1 Å². The van der Waals surface area contributed by atoms with E-state index < -0.39 is 17.1 Å². The largest absolute Gasteiger partial charge is 0.504 e. The van der Waals surface area contributed by atoms with Gasteiger partial charge in [0.15, 0.2) is 23.4 Å². The number of carbonyl (C=O) groups is 1. The summed E-state index contributed by atoms with van der Waals surface area (Å²) in [6, 6.07) is 14.0. The lowest BCUT2D eigenvalue weighted by Gasteiger charge is -2.62. The molecule has 2 aromatic carbocycles. The molecule has 2 heterocycles. The molecule has 2 aromatic rings. The van der Waals surface area contributed by atoms with Crippen LogP contribution in [0, 0.1) is 12.8 Å². The summed E-state index contributed by atoms with van der Waals surface area (Å²) in [4.78, 5) is 15.2. The molecule has 1 spiro atoms. The van der Waals surface area contributed by atoms with Crippen LogP contribution < -0.4 is 4.74 Å². The predicted octanol–water partition coefficient (Wildman–Crippen LogP) is 3.52. The standard InChI is InChI=1S/C20H23NO4.C7H8/c22-13-4-3-12-9-15-20(24)6-5-14(23)18-19(20,16(12)17(13)25-18)7-8-21(15)10-11-1-2-11;1-7-5-3-2-4-6-7/h3-4,11,15,18,22,24H,1-2,5-10H2;2-6H,1H3/t15-,18+,19+,20-;/m1./s1. The SMILES string of the molecule is Cc1ccccc1.O=C1CC[C@@]2(O)[C@H]3Cc4ccc(O)c5c4[C@@]2(CCN3CC2CC2)[C@H]1O5. The molecule has 0 amide bonds. The number of benzene rings is 2. The van der Waals surface area contributed by atoms with Gasteiger partial charge in [-0.25, -0.2) is 0 Å². The number of aryl methyl sites for hydroxylation is 1. The van der Waals surface area contributed by atoms with Crippen molar-refractivity contribution in [2.45, 2.75) is 68.6 Å². The van der Waals surface area contributed by atoms with Crippen molar-refractivity contribution in [2.24, 2.45) is 5.92 Å². The number of hydrogen-bond acceptors (Lipinski definition) is 5. The molecule has 7 rings (SSSR count). The zero-order chi connectivity index (χ0) is 22.1. The number of carbonyl (C=O) groups excluding carboxylic acids is 1. The van der Waals surface area contributed by atoms with Crippen LogP contribution in [0.25, 0.3) is 0 Å². The van der Waals surface area contributed by atoms with E-state index in [4.69, 9.17) is 4.74 Å². The molecule has 0 unspecified atom stereocenters. The molecule has 0 radical (unpaired) electrons. The van der Waals surface area contributed by atoms with E-state index in [9.17, 15) is 15.0 Å². The maximum Gasteiger partial charge on any atom is 0.174 e. The van der Waals surface area contributed by atoms with Crippen LogP contribution in [0.4, 0.5) is 0 Å². The van der Waals surface area contributed by atoms with Gasteiger partial charge in [-0.1, -0.05) is 42.0 Å². The third kappa shape index (κ3) is 2.74. The van der Waals surface area contributed by atoms with Crippen LogP contribution in [0.2, 0.25) is 0 Å². The summed E-state index contributed by atoms with van der Waals surface area (Å²) in [6.07, 6.45) is 4.33. The van der Waals surface area contributed by atoms with E-state index >= 15 is 0 Å². The normalized spacial score (nSPS) is 34.2. The van der Waals surface area contributed by atoms with Gasteiger partial charge in [0.2, 0.25) is 0 Å². The van der Waals surface area contributed by atoms with Gasteiger partial charge in [0.25, 0.3) is 0 Å². The highest BCUT2D eigenvalue weighted by atomic mass is 16.5. The minimum absolute atomic E-state index is 0.0454. The van der Waals surface area contributed by atoms with Crippen molar-refractivity contribution in [2.75, 3.05) is 13.1 Å². The molecule has 5 nitrogen and oxygen atoms in total. The molecule has 3 aliphatic carbocycles. The number of likely N-dealkylation sites (tertiary alicyclic amines) is 1. The van der Waals surface area contributed by atoms with E-state index in [1.807, 2.05) is 24.3 Å². The monoisotopic (exact) mass is 433 g/mol. The van der Waals surface area contributed by atoms with Crippen molar-refractivity contribution in [3.05, 3.63) is 59.2 Å². The van der Waals surface area contributed by atoms with Crippen molar-refractivity contribution in [3.63, 3.8) is 0 Å². The summed E-state index contributed by atoms with van der Waals surface area (Å²) >= 11 is 0. The molecule has 2 N–H and O–H groups in total. The molecule has 32 heavy (non-hydrogen) atoms. The Morgan fingerprint density at radius 2 is 1.91 bits per heavy atom. The first kappa shape index (κ1) is 20.3. The molecule has 1 saturated heterocycles. The Morgan fingerprint density at radius 1 is 1.12 bits per heavy atom. The summed E-state index contributed by atoms with van der Waals surface area (Å²) in [6.45, 7) is 4.04. The molecule has 2 saturated carbocycles. The molecule has 5 heteroatoms. The number of hydrogen-bond donors (Lipinski definition) is 2. The molecule has 168 valence electrons. The van der Waals surface area contributed by atoms with E-state index in [-0.39, 0.29) is 17.6 Å². The highest BCUT2D eigenvalue weighted by Gasteiger charge is 2.73. The first-order chi connectivity index (χ1) is 15.4. The van der Waals surface area contributed by atoms with E-state index in [1.165, 1.54) is 18.4 Å². The maximum absolute atomic E-state index is 12.7. The lowest BCUT2D eigenvalue weighted by molar-refractivity contribution is -0.188. The highest BCUT2D eigenvalue weighted by molar-refractivity contribution is 5.90. The number of phenolic OH excluding ortho intramolecular Hbond substituents is 1. The van der Waals surface area contributed by atoms with Gasteiger partial charge in [-0.2, -0.15) is 0 Å². The smallest absolute Gasteiger partial charge is 0.174 e. The topological polar surface area (TPSA) is 70.0 Å². The van der Waals surface area contributed by atoms with Crippen molar-refractivity contribution >= 4 is 5.78 Å². The second-order valence-electron chi connectivity index (χ2n) is 10.4. The van der Waals surface area contributed by atoms with Gasteiger partial charge >= 0.3 is 0 Å². The molecular weight excluding hydrogens is 402 g/mol. The number of ketones is 1. The molecule has 3 fully saturated rings. The minimum atomic E-state index is -0.940. The van der Waals surface area contributed by atoms with Crippen molar-refractivity contribution in [1.29, 1.82) is 0 Å². The number of Topliss-reactive ketones (excluding diaryl/α,β-unsaturated/α-hetero) is 1. The Balaban J connectivity index is 0.000000241. The average Bonchev–Trinajstić information content (AvgIpc) is 3.52. The van der Waals surface area contributed by atoms with E-state index in [0.29, 0.717) is 18.6 Å². The number of rotatable bonds is 2. The quantitative estimate of drug-likeness (QED) is 0.758. The lowest BCUT2D eigenvalue weighted by atomic mass is 9.49. The van der Waals surface area contributed by atoms with Crippen molar-refractivity contribution in [1.82, 2.24) is 4.90 Å². The summed E-state index contributed by atoms with van der Waals surface area (Å²) in [5.74, 6) is 1.39. The van der Waals surface area contributed by atoms with Crippen molar-refractivity contribution < 1.29 is 19.7 Å². The lowest BCUT2D eigenvalue weighted by Crippen LogP contribution is -2.76. The number of nitrogens with zero attached hydrogens (tertiary/aromatic N) is 1. The number of aromatic hydroxyl groups is 1. The Hall–Kier alpha value is -2.37. The molecule has 5 aliphatic rings. The third-order valence-corrected chi connectivity index (χ3v) is 8.50. The predicted molar refractivity (Wildman–Crippen MR) is 121 cm³/mol. The Labute approximate surface area is 189 Å². The summed E-state index contributed by atoms with van der Waals surface area (Å²) in [5, 5.41) is 22.3. The summed E-state index contributed by atoms with van der Waals surface area (Å²) in [5.41, 5.74) is 1.78. The molecule has 2 bridgehead atoms. The third-order valence-electron chi connectivity index (χ3n) is 8.50. The second-order valence-corrected chi connectivity index (χ2v) is 10.4. The minimum Gasteiger partial charge on any atom is -0.504 e. The zero-order valence-corrected chi connectivity index (χ0v) is 18.6. The van der Waals surface area contributed by atoms with Crippen LogP contribution in [0.3, 0.4) is 0 Å². The van der Waals surface area contributed by atoms with Gasteiger partial charge in [0.05, 0.1) is 11.0 Å². The van der Waals surface area contributed by atoms with Gasteiger partial charge in [0.1, 0.15) is 0 Å². The van der Waals surface area contributed by atoms with Crippen LogP contribution in [-0.4, -0.2) is 51.7 Å². The van der Waals surface area contributed by atoms with E-state index in [2.05, 4.69) is 24.0 Å². The molecule has 4 atom stereocenters. The van der Waals surface area contributed by atoms with Crippen LogP contribution in [0.15, 0.2) is 42.5 Å². The first-order valence-corrected chi connectivity index (χ1v) is 12.0. The fourth-order valence-electron chi connectivity index (χ4n) is 6.80. The van der Waals surface area contributed by atoms with Crippen LogP contribution >= 0.6 is 0 Å². The highest BCUT2D eigenvalue weighted by Crippen LogP contribution is 2.64. The van der Waals surface area contributed by atoms with Gasteiger partial charge in [-0.15, -0.1) is 0 Å². The zero-order valence-electron chi connectivity index (χ0n) is 18.6. The number of piperidine rings is 1. The second kappa shape index (κ2) is 7.06. The van der Waals surface area contributed by atoms with Crippen LogP contribution in [-0.2, 0) is 16.6 Å². The fraction of sp³-hybridized carbons (Fsp3) is 0.519. The van der Waals surface area contributed by atoms with E-state index in [0.717, 1.165) is 43.0 Å². The summed E-state index contributed by atoms with van der Waals surface area (Å²) in [7, 11) is 0. The number of phenols is 1. The molecular formula is C27H31NO4. The number of aliphatic hydroxyl groups is 1. The Kier molecular flexibility index (Phi) is 4.47. The fourth-order valence-corrected chi connectivity index (χ4v) is 6.80. The summed E-state index contributed by atoms with van der Waals surface area (Å²) < 4.78 is 6.04. The van der Waals surface area contributed by atoms with Gasteiger partial charge in [0, 0.05) is 24.6 Å². The van der Waals surface area contributed by atoms with Crippen LogP contribution in [0.5, 0.6) is 11.5 Å². The van der Waals surface area contributed by atoms with Crippen molar-refractivity contribution in [3.8, 4) is 11.5 Å². The first-order valence-electron chi connectivity index (χ1n) is 12.0. The van der Waals surface area contributed by atoms with E-state index in [1.54, 1.807) is 6.07 Å². The number of ether oxygens (including phenoxy) is 1. The molecule has 2 aliphatic heterocycles. The Bertz CT molecular complexity index is 1060. The molecule has 0 aromatic heterocycles.